The van der Waals surface area contributed by atoms with Gasteiger partial charge in [0.05, 0.1) is 16.5 Å². The second-order valence-electron chi connectivity index (χ2n) is 5.50. The first-order valence-electron chi connectivity index (χ1n) is 8.26. The molecule has 26 heavy (non-hydrogen) atoms. The minimum absolute atomic E-state index is 0.142. The van der Waals surface area contributed by atoms with Crippen LogP contribution in [0.3, 0.4) is 0 Å². The van der Waals surface area contributed by atoms with Gasteiger partial charge in [-0.1, -0.05) is 36.7 Å². The van der Waals surface area contributed by atoms with Gasteiger partial charge in [0.15, 0.2) is 0 Å². The lowest BCUT2D eigenvalue weighted by Crippen LogP contribution is -2.28. The van der Waals surface area contributed by atoms with Crippen LogP contribution in [-0.4, -0.2) is 23.6 Å². The van der Waals surface area contributed by atoms with Crippen molar-refractivity contribution >= 4 is 40.9 Å². The molecule has 0 radical (unpaired) electrons. The van der Waals surface area contributed by atoms with Crippen LogP contribution in [0.1, 0.15) is 23.7 Å². The summed E-state index contributed by atoms with van der Waals surface area (Å²) in [6.07, 6.45) is 2.26. The fraction of sp³-hybridized carbons (Fsp3) is 0.200. The summed E-state index contributed by atoms with van der Waals surface area (Å²) in [5, 5.41) is 5.98. The Bertz CT molecular complexity index is 778. The van der Waals surface area contributed by atoms with Gasteiger partial charge in [0.25, 0.3) is 5.91 Å². The van der Waals surface area contributed by atoms with Crippen molar-refractivity contribution < 1.29 is 9.59 Å². The molecule has 2 N–H and O–H groups in total. The molecule has 2 aromatic rings. The molecular formula is C20H21ClN2O2S. The van der Waals surface area contributed by atoms with E-state index in [1.54, 1.807) is 42.5 Å². The van der Waals surface area contributed by atoms with Gasteiger partial charge in [0, 0.05) is 16.5 Å². The summed E-state index contributed by atoms with van der Waals surface area (Å²) in [4.78, 5) is 25.9. The van der Waals surface area contributed by atoms with Crippen molar-refractivity contribution in [3.05, 3.63) is 71.8 Å². The standard InChI is InChI=1S/C20H21ClN2O2S/c1-3-13-22-19(24)16-7-5-6-8-17(16)23-20(25)18(4-2)26-15-11-9-14(21)10-12-15/h3,5-12,18H,1,4,13H2,2H3,(H,22,24)(H,23,25)/t18-/m0/s1. The number of carbonyl (C=O) groups excluding carboxylic acids is 2. The molecule has 0 aliphatic carbocycles. The van der Waals surface area contributed by atoms with Crippen LogP contribution >= 0.6 is 23.4 Å². The van der Waals surface area contributed by atoms with Crippen molar-refractivity contribution in [1.29, 1.82) is 0 Å². The average molecular weight is 389 g/mol. The number of benzene rings is 2. The molecule has 2 rings (SSSR count). The van der Waals surface area contributed by atoms with E-state index in [0.29, 0.717) is 29.2 Å². The molecule has 136 valence electrons. The van der Waals surface area contributed by atoms with Crippen molar-refractivity contribution in [3.8, 4) is 0 Å². The summed E-state index contributed by atoms with van der Waals surface area (Å²) in [7, 11) is 0. The molecule has 0 saturated carbocycles. The lowest BCUT2D eigenvalue weighted by molar-refractivity contribution is -0.115. The normalized spacial score (nSPS) is 11.5. The smallest absolute Gasteiger partial charge is 0.253 e. The van der Waals surface area contributed by atoms with Crippen molar-refractivity contribution in [1.82, 2.24) is 5.32 Å². The summed E-state index contributed by atoms with van der Waals surface area (Å²) in [5.74, 6) is -0.393. The van der Waals surface area contributed by atoms with E-state index in [1.165, 1.54) is 11.8 Å². The highest BCUT2D eigenvalue weighted by Crippen LogP contribution is 2.28. The first kappa shape index (κ1) is 20.1. The van der Waals surface area contributed by atoms with E-state index in [4.69, 9.17) is 11.6 Å². The number of para-hydroxylation sites is 1. The third kappa shape index (κ3) is 5.64. The van der Waals surface area contributed by atoms with Crippen LogP contribution in [0.5, 0.6) is 0 Å². The van der Waals surface area contributed by atoms with Gasteiger partial charge in [-0.3, -0.25) is 9.59 Å². The van der Waals surface area contributed by atoms with Gasteiger partial charge in [-0.2, -0.15) is 0 Å². The summed E-state index contributed by atoms with van der Waals surface area (Å²) in [6.45, 7) is 5.90. The molecule has 0 saturated heterocycles. The molecule has 0 bridgehead atoms. The number of rotatable bonds is 8. The summed E-state index contributed by atoms with van der Waals surface area (Å²) >= 11 is 7.37. The molecule has 4 nitrogen and oxygen atoms in total. The molecule has 1 atom stereocenters. The fourth-order valence-corrected chi connectivity index (χ4v) is 3.34. The summed E-state index contributed by atoms with van der Waals surface area (Å²) in [6, 6.07) is 14.3. The Labute approximate surface area is 163 Å². The lowest BCUT2D eigenvalue weighted by Gasteiger charge is -2.16. The predicted octanol–water partition coefficient (Wildman–Crippen LogP) is 4.77. The topological polar surface area (TPSA) is 58.2 Å². The van der Waals surface area contributed by atoms with Crippen LogP contribution in [0.25, 0.3) is 0 Å². The first-order valence-corrected chi connectivity index (χ1v) is 9.52. The van der Waals surface area contributed by atoms with Crippen LogP contribution in [0.15, 0.2) is 66.1 Å². The van der Waals surface area contributed by atoms with Crippen molar-refractivity contribution in [2.24, 2.45) is 0 Å². The van der Waals surface area contributed by atoms with E-state index in [2.05, 4.69) is 17.2 Å². The molecule has 0 unspecified atom stereocenters. The van der Waals surface area contributed by atoms with E-state index < -0.39 is 0 Å². The predicted molar refractivity (Wildman–Crippen MR) is 109 cm³/mol. The fourth-order valence-electron chi connectivity index (χ4n) is 2.26. The minimum atomic E-state index is -0.277. The summed E-state index contributed by atoms with van der Waals surface area (Å²) in [5.41, 5.74) is 0.920. The summed E-state index contributed by atoms with van der Waals surface area (Å²) < 4.78 is 0. The van der Waals surface area contributed by atoms with E-state index in [0.717, 1.165) is 4.90 Å². The number of thioether (sulfide) groups is 1. The Balaban J connectivity index is 2.11. The molecule has 0 spiro atoms. The second kappa shape index (κ2) is 10.0. The zero-order valence-corrected chi connectivity index (χ0v) is 16.1. The number of halogens is 1. The number of hydrogen-bond donors (Lipinski definition) is 2. The van der Waals surface area contributed by atoms with Crippen LogP contribution in [0.2, 0.25) is 5.02 Å². The largest absolute Gasteiger partial charge is 0.349 e. The van der Waals surface area contributed by atoms with Crippen molar-refractivity contribution in [3.63, 3.8) is 0 Å². The quantitative estimate of drug-likeness (QED) is 0.506. The van der Waals surface area contributed by atoms with E-state index in [-0.39, 0.29) is 17.1 Å². The first-order chi connectivity index (χ1) is 12.5. The maximum atomic E-state index is 12.7. The molecule has 0 aromatic heterocycles. The van der Waals surface area contributed by atoms with Gasteiger partial charge in [-0.05, 0) is 42.8 Å². The second-order valence-corrected chi connectivity index (χ2v) is 7.21. The highest BCUT2D eigenvalue weighted by molar-refractivity contribution is 8.00. The maximum absolute atomic E-state index is 12.7. The van der Waals surface area contributed by atoms with Gasteiger partial charge in [-0.15, -0.1) is 18.3 Å². The number of anilines is 1. The molecule has 0 aliphatic rings. The Morgan fingerprint density at radius 3 is 2.54 bits per heavy atom. The molecule has 2 amide bonds. The molecular weight excluding hydrogens is 368 g/mol. The minimum Gasteiger partial charge on any atom is -0.349 e. The Hall–Kier alpha value is -2.24. The highest BCUT2D eigenvalue weighted by atomic mass is 35.5. The molecule has 0 heterocycles. The van der Waals surface area contributed by atoms with Crippen molar-refractivity contribution in [2.45, 2.75) is 23.5 Å². The lowest BCUT2D eigenvalue weighted by atomic mass is 10.1. The number of amides is 2. The molecule has 6 heteroatoms. The monoisotopic (exact) mass is 388 g/mol. The molecule has 0 aliphatic heterocycles. The van der Waals surface area contributed by atoms with E-state index in [9.17, 15) is 9.59 Å². The average Bonchev–Trinajstić information content (AvgIpc) is 2.66. The van der Waals surface area contributed by atoms with Crippen molar-refractivity contribution in [2.75, 3.05) is 11.9 Å². The molecule has 0 fully saturated rings. The van der Waals surface area contributed by atoms with Crippen LogP contribution in [-0.2, 0) is 4.79 Å². The van der Waals surface area contributed by atoms with Gasteiger partial charge in [-0.25, -0.2) is 0 Å². The zero-order chi connectivity index (χ0) is 18.9. The van der Waals surface area contributed by atoms with Crippen LogP contribution in [0, 0.1) is 0 Å². The van der Waals surface area contributed by atoms with Gasteiger partial charge < -0.3 is 10.6 Å². The van der Waals surface area contributed by atoms with Gasteiger partial charge in [0.2, 0.25) is 5.91 Å². The SMILES string of the molecule is C=CCNC(=O)c1ccccc1NC(=O)[C@H](CC)Sc1ccc(Cl)cc1. The highest BCUT2D eigenvalue weighted by Gasteiger charge is 2.20. The van der Waals surface area contributed by atoms with E-state index in [1.807, 2.05) is 19.1 Å². The zero-order valence-electron chi connectivity index (χ0n) is 14.5. The van der Waals surface area contributed by atoms with Crippen LogP contribution in [0.4, 0.5) is 5.69 Å². The number of carbonyl (C=O) groups is 2. The Morgan fingerprint density at radius 2 is 1.88 bits per heavy atom. The number of hydrogen-bond acceptors (Lipinski definition) is 3. The Morgan fingerprint density at radius 1 is 1.19 bits per heavy atom. The maximum Gasteiger partial charge on any atom is 0.253 e. The number of nitrogens with one attached hydrogen (secondary N) is 2. The van der Waals surface area contributed by atoms with E-state index >= 15 is 0 Å². The van der Waals surface area contributed by atoms with Gasteiger partial charge in [0.1, 0.15) is 0 Å². The molecule has 2 aromatic carbocycles. The third-order valence-electron chi connectivity index (χ3n) is 3.59. The van der Waals surface area contributed by atoms with Crippen LogP contribution < -0.4 is 10.6 Å². The third-order valence-corrected chi connectivity index (χ3v) is 5.22. The van der Waals surface area contributed by atoms with Gasteiger partial charge >= 0.3 is 0 Å². The Kier molecular flexibility index (Phi) is 7.75.